The summed E-state index contributed by atoms with van der Waals surface area (Å²) in [4.78, 5) is 24.8. The Morgan fingerprint density at radius 3 is 2.67 bits per heavy atom. The fraction of sp³-hybridized carbons (Fsp3) is 0.800. The molecule has 15 heavy (non-hydrogen) atoms. The highest BCUT2D eigenvalue weighted by Crippen LogP contribution is 2.26. The summed E-state index contributed by atoms with van der Waals surface area (Å²) in [6.45, 7) is 0.258. The molecule has 1 N–H and O–H groups in total. The Morgan fingerprint density at radius 2 is 2.07 bits per heavy atom. The average molecular weight is 212 g/mol. The molecule has 1 aliphatic heterocycles. The maximum Gasteiger partial charge on any atom is 0.325 e. The van der Waals surface area contributed by atoms with Gasteiger partial charge in [0.25, 0.3) is 5.91 Å². The Bertz CT molecular complexity index is 274. The SMILES string of the molecule is COCC1NC(=O)N(C2CCCC2)C1=O. The highest BCUT2D eigenvalue weighted by molar-refractivity contribution is 6.04. The Morgan fingerprint density at radius 1 is 1.40 bits per heavy atom. The molecule has 0 aromatic heterocycles. The predicted molar refractivity (Wildman–Crippen MR) is 53.3 cm³/mol. The van der Waals surface area contributed by atoms with Crippen LogP contribution in [0, 0.1) is 0 Å². The van der Waals surface area contributed by atoms with Gasteiger partial charge in [0, 0.05) is 13.2 Å². The van der Waals surface area contributed by atoms with Crippen LogP contribution in [0.3, 0.4) is 0 Å². The normalized spacial score (nSPS) is 27.5. The summed E-state index contributed by atoms with van der Waals surface area (Å²) in [5, 5.41) is 2.64. The van der Waals surface area contributed by atoms with E-state index in [1.165, 1.54) is 12.0 Å². The number of carbonyl (C=O) groups excluding carboxylic acids is 2. The highest BCUT2D eigenvalue weighted by atomic mass is 16.5. The van der Waals surface area contributed by atoms with Gasteiger partial charge in [0.15, 0.2) is 0 Å². The largest absolute Gasteiger partial charge is 0.382 e. The quantitative estimate of drug-likeness (QED) is 0.693. The first-order chi connectivity index (χ1) is 7.24. The second kappa shape index (κ2) is 4.18. The molecule has 5 nitrogen and oxygen atoms in total. The fourth-order valence-corrected chi connectivity index (χ4v) is 2.34. The maximum absolute atomic E-state index is 11.9. The number of hydrogen-bond acceptors (Lipinski definition) is 3. The van der Waals surface area contributed by atoms with Crippen LogP contribution in [0.2, 0.25) is 0 Å². The highest BCUT2D eigenvalue weighted by Gasteiger charge is 2.42. The standard InChI is InChI=1S/C10H16N2O3/c1-15-6-8-9(13)12(10(14)11-8)7-4-2-3-5-7/h7-8H,2-6H2,1H3,(H,11,14). The molecule has 1 aliphatic carbocycles. The van der Waals surface area contributed by atoms with Gasteiger partial charge in [0.05, 0.1) is 6.61 Å². The number of nitrogens with one attached hydrogen (secondary N) is 1. The molecule has 1 saturated heterocycles. The summed E-state index contributed by atoms with van der Waals surface area (Å²) in [5.74, 6) is -0.131. The lowest BCUT2D eigenvalue weighted by atomic mass is 10.2. The van der Waals surface area contributed by atoms with Crippen LogP contribution in [-0.4, -0.2) is 42.6 Å². The van der Waals surface area contributed by atoms with Crippen LogP contribution >= 0.6 is 0 Å². The molecule has 0 bridgehead atoms. The first kappa shape index (κ1) is 10.4. The number of nitrogens with zero attached hydrogens (tertiary/aromatic N) is 1. The minimum atomic E-state index is -0.483. The molecule has 0 spiro atoms. The molecule has 3 amide bonds. The summed E-state index contributed by atoms with van der Waals surface area (Å²) in [6.07, 6.45) is 4.10. The molecule has 1 saturated carbocycles. The lowest BCUT2D eigenvalue weighted by Crippen LogP contribution is -2.39. The minimum absolute atomic E-state index is 0.111. The third-order valence-electron chi connectivity index (χ3n) is 3.08. The summed E-state index contributed by atoms with van der Waals surface area (Å²) >= 11 is 0. The van der Waals surface area contributed by atoms with Crippen molar-refractivity contribution in [3.63, 3.8) is 0 Å². The molecule has 2 rings (SSSR count). The van der Waals surface area contributed by atoms with Crippen LogP contribution in [0.1, 0.15) is 25.7 Å². The van der Waals surface area contributed by atoms with Crippen molar-refractivity contribution >= 4 is 11.9 Å². The Balaban J connectivity index is 2.05. The molecule has 2 aliphatic rings. The van der Waals surface area contributed by atoms with Crippen LogP contribution in [0.4, 0.5) is 4.79 Å². The predicted octanol–water partition coefficient (Wildman–Crippen LogP) is 0.496. The van der Waals surface area contributed by atoms with Gasteiger partial charge in [-0.05, 0) is 12.8 Å². The first-order valence-electron chi connectivity index (χ1n) is 5.36. The van der Waals surface area contributed by atoms with Crippen molar-refractivity contribution in [3.8, 4) is 0 Å². The molecular weight excluding hydrogens is 196 g/mol. The van der Waals surface area contributed by atoms with Crippen LogP contribution in [0.5, 0.6) is 0 Å². The molecule has 0 aromatic carbocycles. The number of hydrogen-bond donors (Lipinski definition) is 1. The number of methoxy groups -OCH3 is 1. The summed E-state index contributed by atoms with van der Waals surface area (Å²) in [6, 6.07) is -0.628. The number of carbonyl (C=O) groups is 2. The van der Waals surface area contributed by atoms with Gasteiger partial charge in [0.1, 0.15) is 6.04 Å². The summed E-state index contributed by atoms with van der Waals surface area (Å²) in [5.41, 5.74) is 0. The number of ether oxygens (including phenoxy) is 1. The molecule has 84 valence electrons. The molecule has 0 radical (unpaired) electrons. The van der Waals surface area contributed by atoms with Gasteiger partial charge in [-0.25, -0.2) is 4.79 Å². The topological polar surface area (TPSA) is 58.6 Å². The van der Waals surface area contributed by atoms with E-state index in [0.29, 0.717) is 0 Å². The third-order valence-corrected chi connectivity index (χ3v) is 3.08. The molecule has 5 heteroatoms. The smallest absolute Gasteiger partial charge is 0.325 e. The Hall–Kier alpha value is -1.10. The van der Waals surface area contributed by atoms with Crippen molar-refractivity contribution in [2.45, 2.75) is 37.8 Å². The van der Waals surface area contributed by atoms with Crippen molar-refractivity contribution in [3.05, 3.63) is 0 Å². The van der Waals surface area contributed by atoms with E-state index >= 15 is 0 Å². The van der Waals surface area contributed by atoms with E-state index in [2.05, 4.69) is 5.32 Å². The maximum atomic E-state index is 11.9. The zero-order valence-electron chi connectivity index (χ0n) is 8.86. The monoisotopic (exact) mass is 212 g/mol. The van der Waals surface area contributed by atoms with Crippen molar-refractivity contribution < 1.29 is 14.3 Å². The van der Waals surface area contributed by atoms with Crippen LogP contribution in [0.15, 0.2) is 0 Å². The number of urea groups is 1. The Kier molecular flexibility index (Phi) is 2.90. The zero-order chi connectivity index (χ0) is 10.8. The van der Waals surface area contributed by atoms with E-state index in [9.17, 15) is 9.59 Å². The van der Waals surface area contributed by atoms with Crippen molar-refractivity contribution in [1.29, 1.82) is 0 Å². The minimum Gasteiger partial charge on any atom is -0.382 e. The van der Waals surface area contributed by atoms with Gasteiger partial charge in [0.2, 0.25) is 0 Å². The third kappa shape index (κ3) is 1.84. The average Bonchev–Trinajstić information content (AvgIpc) is 2.77. The van der Waals surface area contributed by atoms with E-state index in [1.54, 1.807) is 0 Å². The van der Waals surface area contributed by atoms with Gasteiger partial charge in [-0.3, -0.25) is 9.69 Å². The fourth-order valence-electron chi connectivity index (χ4n) is 2.34. The zero-order valence-corrected chi connectivity index (χ0v) is 8.86. The molecule has 1 heterocycles. The number of imide groups is 1. The van der Waals surface area contributed by atoms with Gasteiger partial charge < -0.3 is 10.1 Å². The van der Waals surface area contributed by atoms with Crippen molar-refractivity contribution in [2.24, 2.45) is 0 Å². The van der Waals surface area contributed by atoms with Crippen LogP contribution < -0.4 is 5.32 Å². The van der Waals surface area contributed by atoms with Gasteiger partial charge in [-0.1, -0.05) is 12.8 Å². The van der Waals surface area contributed by atoms with Gasteiger partial charge in [-0.15, -0.1) is 0 Å². The van der Waals surface area contributed by atoms with Crippen molar-refractivity contribution in [2.75, 3.05) is 13.7 Å². The van der Waals surface area contributed by atoms with E-state index in [-0.39, 0.29) is 24.6 Å². The summed E-state index contributed by atoms with van der Waals surface area (Å²) < 4.78 is 4.89. The second-order valence-electron chi connectivity index (χ2n) is 4.10. The lowest BCUT2D eigenvalue weighted by Gasteiger charge is -2.20. The second-order valence-corrected chi connectivity index (χ2v) is 4.10. The van der Waals surface area contributed by atoms with Crippen LogP contribution in [-0.2, 0) is 9.53 Å². The molecule has 1 unspecified atom stereocenters. The number of rotatable bonds is 3. The lowest BCUT2D eigenvalue weighted by molar-refractivity contribution is -0.129. The van der Waals surface area contributed by atoms with E-state index in [1.807, 2.05) is 0 Å². The van der Waals surface area contributed by atoms with E-state index < -0.39 is 6.04 Å². The summed E-state index contributed by atoms with van der Waals surface area (Å²) in [7, 11) is 1.53. The number of amides is 3. The van der Waals surface area contributed by atoms with Crippen LogP contribution in [0.25, 0.3) is 0 Å². The molecule has 0 aromatic rings. The Labute approximate surface area is 88.8 Å². The van der Waals surface area contributed by atoms with E-state index in [0.717, 1.165) is 25.7 Å². The molecule has 1 atom stereocenters. The van der Waals surface area contributed by atoms with E-state index in [4.69, 9.17) is 4.74 Å². The molecular formula is C10H16N2O3. The van der Waals surface area contributed by atoms with Crippen molar-refractivity contribution in [1.82, 2.24) is 10.2 Å². The first-order valence-corrected chi connectivity index (χ1v) is 5.36. The van der Waals surface area contributed by atoms with Gasteiger partial charge >= 0.3 is 6.03 Å². The van der Waals surface area contributed by atoms with Gasteiger partial charge in [-0.2, -0.15) is 0 Å². The molecule has 2 fully saturated rings.